The van der Waals surface area contributed by atoms with Crippen LogP contribution in [0.25, 0.3) is 0 Å². The first kappa shape index (κ1) is 15.2. The molecule has 0 unspecified atom stereocenters. The number of nitrogens with two attached hydrogens (primary N) is 1. The minimum absolute atomic E-state index is 0.516. The molecule has 0 saturated heterocycles. The number of nitrogen functional groups attached to an aromatic ring is 1. The maximum absolute atomic E-state index is 12.5. The van der Waals surface area contributed by atoms with Crippen molar-refractivity contribution in [1.82, 2.24) is 4.98 Å². The lowest BCUT2D eigenvalue weighted by Crippen LogP contribution is -2.23. The Balaban J connectivity index is 2.15. The SMILES string of the molecule is CCN(Cc1ccc(N)cc1)c1ccc(C(F)(F)F)cn1. The van der Waals surface area contributed by atoms with Gasteiger partial charge in [-0.15, -0.1) is 0 Å². The van der Waals surface area contributed by atoms with Gasteiger partial charge in [0.2, 0.25) is 0 Å². The van der Waals surface area contributed by atoms with Crippen LogP contribution in [0.3, 0.4) is 0 Å². The van der Waals surface area contributed by atoms with E-state index in [1.54, 1.807) is 12.1 Å². The van der Waals surface area contributed by atoms with Crippen LogP contribution in [-0.4, -0.2) is 11.5 Å². The van der Waals surface area contributed by atoms with Crippen molar-refractivity contribution in [1.29, 1.82) is 0 Å². The molecule has 0 aliphatic rings. The second-order valence-electron chi connectivity index (χ2n) is 4.66. The van der Waals surface area contributed by atoms with Gasteiger partial charge in [0.15, 0.2) is 0 Å². The van der Waals surface area contributed by atoms with Crippen LogP contribution in [0.15, 0.2) is 42.6 Å². The minimum atomic E-state index is -4.36. The molecule has 0 saturated carbocycles. The molecule has 0 amide bonds. The van der Waals surface area contributed by atoms with Gasteiger partial charge in [0.25, 0.3) is 0 Å². The molecule has 6 heteroatoms. The van der Waals surface area contributed by atoms with E-state index in [1.165, 1.54) is 6.07 Å². The molecule has 0 fully saturated rings. The maximum atomic E-state index is 12.5. The summed E-state index contributed by atoms with van der Waals surface area (Å²) in [6, 6.07) is 9.81. The van der Waals surface area contributed by atoms with E-state index in [9.17, 15) is 13.2 Å². The molecule has 21 heavy (non-hydrogen) atoms. The molecule has 0 aliphatic heterocycles. The number of benzene rings is 1. The van der Waals surface area contributed by atoms with Crippen molar-refractivity contribution >= 4 is 11.5 Å². The summed E-state index contributed by atoms with van der Waals surface area (Å²) in [6.07, 6.45) is -3.50. The number of nitrogens with zero attached hydrogens (tertiary/aromatic N) is 2. The molecule has 2 N–H and O–H groups in total. The summed E-state index contributed by atoms with van der Waals surface area (Å²) in [6.45, 7) is 3.13. The maximum Gasteiger partial charge on any atom is 0.417 e. The van der Waals surface area contributed by atoms with Crippen molar-refractivity contribution in [2.45, 2.75) is 19.6 Å². The number of hydrogen-bond donors (Lipinski definition) is 1. The molecule has 2 aromatic rings. The number of rotatable bonds is 4. The van der Waals surface area contributed by atoms with Gasteiger partial charge in [-0.1, -0.05) is 12.1 Å². The Kier molecular flexibility index (Phi) is 4.35. The monoisotopic (exact) mass is 295 g/mol. The highest BCUT2D eigenvalue weighted by Gasteiger charge is 2.30. The number of anilines is 2. The van der Waals surface area contributed by atoms with E-state index in [1.807, 2.05) is 24.0 Å². The highest BCUT2D eigenvalue weighted by Crippen LogP contribution is 2.29. The molecule has 0 bridgehead atoms. The smallest absolute Gasteiger partial charge is 0.399 e. The molecule has 2 rings (SSSR count). The Morgan fingerprint density at radius 3 is 2.24 bits per heavy atom. The first-order valence-corrected chi connectivity index (χ1v) is 6.52. The summed E-state index contributed by atoms with van der Waals surface area (Å²) >= 11 is 0. The third kappa shape index (κ3) is 3.87. The predicted molar refractivity (Wildman–Crippen MR) is 76.8 cm³/mol. The number of halogens is 3. The number of hydrogen-bond acceptors (Lipinski definition) is 3. The Labute approximate surface area is 121 Å². The number of alkyl halides is 3. The second-order valence-corrected chi connectivity index (χ2v) is 4.66. The van der Waals surface area contributed by atoms with Crippen LogP contribution < -0.4 is 10.6 Å². The summed E-state index contributed by atoms with van der Waals surface area (Å²) in [5.74, 6) is 0.516. The Bertz CT molecular complexity index is 577. The predicted octanol–water partition coefficient (Wildman–Crippen LogP) is 3.71. The normalized spacial score (nSPS) is 11.4. The lowest BCUT2D eigenvalue weighted by Gasteiger charge is -2.22. The summed E-state index contributed by atoms with van der Waals surface area (Å²) in [5, 5.41) is 0. The minimum Gasteiger partial charge on any atom is -0.399 e. The third-order valence-electron chi connectivity index (χ3n) is 3.13. The molecule has 1 aromatic heterocycles. The van der Waals surface area contributed by atoms with Crippen molar-refractivity contribution in [2.75, 3.05) is 17.2 Å². The second kappa shape index (κ2) is 6.03. The lowest BCUT2D eigenvalue weighted by molar-refractivity contribution is -0.137. The van der Waals surface area contributed by atoms with E-state index in [2.05, 4.69) is 4.98 Å². The van der Waals surface area contributed by atoms with Gasteiger partial charge in [-0.05, 0) is 36.8 Å². The number of aromatic nitrogens is 1. The molecule has 0 radical (unpaired) electrons. The van der Waals surface area contributed by atoms with E-state index in [4.69, 9.17) is 5.73 Å². The fourth-order valence-corrected chi connectivity index (χ4v) is 1.94. The fraction of sp³-hybridized carbons (Fsp3) is 0.267. The Hall–Kier alpha value is -2.24. The topological polar surface area (TPSA) is 42.1 Å². The quantitative estimate of drug-likeness (QED) is 0.874. The lowest BCUT2D eigenvalue weighted by atomic mass is 10.2. The van der Waals surface area contributed by atoms with Gasteiger partial charge in [0.1, 0.15) is 5.82 Å². The number of pyridine rings is 1. The molecule has 0 spiro atoms. The van der Waals surface area contributed by atoms with Gasteiger partial charge in [-0.25, -0.2) is 4.98 Å². The molecule has 3 nitrogen and oxygen atoms in total. The molecule has 0 aliphatic carbocycles. The van der Waals surface area contributed by atoms with Crippen molar-refractivity contribution < 1.29 is 13.2 Å². The van der Waals surface area contributed by atoms with Crippen molar-refractivity contribution in [2.24, 2.45) is 0 Å². The molecule has 1 heterocycles. The van der Waals surface area contributed by atoms with Crippen LogP contribution in [0.5, 0.6) is 0 Å². The highest BCUT2D eigenvalue weighted by molar-refractivity contribution is 5.43. The molecular weight excluding hydrogens is 279 g/mol. The molecular formula is C15H16F3N3. The van der Waals surface area contributed by atoms with Gasteiger partial charge in [0.05, 0.1) is 5.56 Å². The fourth-order valence-electron chi connectivity index (χ4n) is 1.94. The van der Waals surface area contributed by atoms with Crippen LogP contribution in [0, 0.1) is 0 Å². The van der Waals surface area contributed by atoms with E-state index < -0.39 is 11.7 Å². The molecule has 1 aromatic carbocycles. The van der Waals surface area contributed by atoms with E-state index in [0.717, 1.165) is 17.8 Å². The largest absolute Gasteiger partial charge is 0.417 e. The first-order chi connectivity index (χ1) is 9.90. The summed E-state index contributed by atoms with van der Waals surface area (Å²) in [5.41, 5.74) is 6.58. The summed E-state index contributed by atoms with van der Waals surface area (Å²) in [4.78, 5) is 5.81. The average Bonchev–Trinajstić information content (AvgIpc) is 2.46. The third-order valence-corrected chi connectivity index (χ3v) is 3.13. The van der Waals surface area contributed by atoms with Gasteiger partial charge in [0, 0.05) is 25.0 Å². The summed E-state index contributed by atoms with van der Waals surface area (Å²) in [7, 11) is 0. The summed E-state index contributed by atoms with van der Waals surface area (Å²) < 4.78 is 37.6. The van der Waals surface area contributed by atoms with Crippen LogP contribution in [0.2, 0.25) is 0 Å². The van der Waals surface area contributed by atoms with E-state index >= 15 is 0 Å². The van der Waals surface area contributed by atoms with Gasteiger partial charge in [-0.3, -0.25) is 0 Å². The molecule has 112 valence electrons. The van der Waals surface area contributed by atoms with E-state index in [-0.39, 0.29) is 0 Å². The zero-order valence-corrected chi connectivity index (χ0v) is 11.6. The van der Waals surface area contributed by atoms with Gasteiger partial charge < -0.3 is 10.6 Å². The zero-order chi connectivity index (χ0) is 15.5. The van der Waals surface area contributed by atoms with Crippen LogP contribution >= 0.6 is 0 Å². The van der Waals surface area contributed by atoms with Crippen molar-refractivity contribution in [3.63, 3.8) is 0 Å². The van der Waals surface area contributed by atoms with Crippen LogP contribution in [-0.2, 0) is 12.7 Å². The van der Waals surface area contributed by atoms with Crippen molar-refractivity contribution in [3.8, 4) is 0 Å². The van der Waals surface area contributed by atoms with Crippen LogP contribution in [0.1, 0.15) is 18.1 Å². The Morgan fingerprint density at radius 1 is 1.10 bits per heavy atom. The zero-order valence-electron chi connectivity index (χ0n) is 11.6. The average molecular weight is 295 g/mol. The first-order valence-electron chi connectivity index (χ1n) is 6.52. The standard InChI is InChI=1S/C15H16F3N3/c1-2-21(10-11-3-6-13(19)7-4-11)14-8-5-12(9-20-14)15(16,17)18/h3-9H,2,10,19H2,1H3. The van der Waals surface area contributed by atoms with Gasteiger partial charge in [-0.2, -0.15) is 13.2 Å². The Morgan fingerprint density at radius 2 is 1.76 bits per heavy atom. The highest BCUT2D eigenvalue weighted by atomic mass is 19.4. The van der Waals surface area contributed by atoms with Gasteiger partial charge >= 0.3 is 6.18 Å². The van der Waals surface area contributed by atoms with Crippen LogP contribution in [0.4, 0.5) is 24.7 Å². The van der Waals surface area contributed by atoms with E-state index in [0.29, 0.717) is 24.6 Å². The molecule has 0 atom stereocenters. The van der Waals surface area contributed by atoms with Crippen molar-refractivity contribution in [3.05, 3.63) is 53.7 Å².